The lowest BCUT2D eigenvalue weighted by Gasteiger charge is -2.11. The maximum Gasteiger partial charge on any atom is 0.144 e. The average molecular weight is 223 g/mol. The zero-order valence-electron chi connectivity index (χ0n) is 9.29. The van der Waals surface area contributed by atoms with E-state index in [4.69, 9.17) is 0 Å². The molecule has 1 aromatic heterocycles. The van der Waals surface area contributed by atoms with Crippen LogP contribution in [-0.4, -0.2) is 27.5 Å². The molecule has 1 aliphatic rings. The molecule has 1 aliphatic heterocycles. The normalized spacial score (nSPS) is 20.5. The summed E-state index contributed by atoms with van der Waals surface area (Å²) < 4.78 is 0. The predicted octanol–water partition coefficient (Wildman–Crippen LogP) is 2.40. The fraction of sp³-hybridized carbons (Fsp3) is 0.636. The molecule has 1 N–H and O–H groups in total. The van der Waals surface area contributed by atoms with E-state index in [1.165, 1.54) is 18.6 Å². The molecule has 1 saturated heterocycles. The summed E-state index contributed by atoms with van der Waals surface area (Å²) in [6.45, 7) is 5.00. The van der Waals surface area contributed by atoms with Gasteiger partial charge in [0.25, 0.3) is 0 Å². The maximum atomic E-state index is 4.45. The van der Waals surface area contributed by atoms with E-state index in [-0.39, 0.29) is 0 Å². The summed E-state index contributed by atoms with van der Waals surface area (Å²) in [6, 6.07) is 0. The minimum absolute atomic E-state index is 0.758. The van der Waals surface area contributed by atoms with Crippen LogP contribution < -0.4 is 5.32 Å². The summed E-state index contributed by atoms with van der Waals surface area (Å²) in [6.07, 6.45) is 4.51. The molecule has 2 rings (SSSR count). The standard InChI is InChI=1S/C11H17N3S/c1-8-9(2)14-11(7-12-8)13-6-10-4-3-5-15-10/h7,10H,3-6H2,1-2H3,(H,13,14). The Bertz CT molecular complexity index is 335. The van der Waals surface area contributed by atoms with Crippen LogP contribution in [0.15, 0.2) is 6.20 Å². The van der Waals surface area contributed by atoms with Crippen molar-refractivity contribution >= 4 is 17.6 Å². The molecule has 0 radical (unpaired) electrons. The molecule has 82 valence electrons. The van der Waals surface area contributed by atoms with Gasteiger partial charge in [-0.2, -0.15) is 11.8 Å². The van der Waals surface area contributed by atoms with E-state index in [1.807, 2.05) is 20.0 Å². The van der Waals surface area contributed by atoms with E-state index in [2.05, 4.69) is 27.0 Å². The zero-order valence-corrected chi connectivity index (χ0v) is 10.1. The molecule has 2 heterocycles. The van der Waals surface area contributed by atoms with Crippen molar-refractivity contribution in [3.63, 3.8) is 0 Å². The zero-order chi connectivity index (χ0) is 10.7. The van der Waals surface area contributed by atoms with Crippen LogP contribution in [0.25, 0.3) is 0 Å². The lowest BCUT2D eigenvalue weighted by Crippen LogP contribution is -2.15. The van der Waals surface area contributed by atoms with Crippen LogP contribution in [0.1, 0.15) is 24.2 Å². The first-order chi connectivity index (χ1) is 7.25. The van der Waals surface area contributed by atoms with E-state index in [1.54, 1.807) is 0 Å². The molecule has 1 unspecified atom stereocenters. The topological polar surface area (TPSA) is 37.8 Å². The van der Waals surface area contributed by atoms with Gasteiger partial charge >= 0.3 is 0 Å². The van der Waals surface area contributed by atoms with Gasteiger partial charge in [0.05, 0.1) is 17.6 Å². The predicted molar refractivity (Wildman–Crippen MR) is 65.5 cm³/mol. The van der Waals surface area contributed by atoms with E-state index in [0.29, 0.717) is 0 Å². The monoisotopic (exact) mass is 223 g/mol. The van der Waals surface area contributed by atoms with Gasteiger partial charge in [0.15, 0.2) is 0 Å². The SMILES string of the molecule is Cc1ncc(NCC2CCCS2)nc1C. The fourth-order valence-corrected chi connectivity index (χ4v) is 2.85. The molecule has 3 nitrogen and oxygen atoms in total. The molecule has 0 aromatic carbocycles. The summed E-state index contributed by atoms with van der Waals surface area (Å²) in [5, 5.41) is 4.12. The third-order valence-electron chi connectivity index (χ3n) is 2.73. The molecule has 0 bridgehead atoms. The molecule has 15 heavy (non-hydrogen) atoms. The fourth-order valence-electron chi connectivity index (χ4n) is 1.65. The number of hydrogen-bond acceptors (Lipinski definition) is 4. The Morgan fingerprint density at radius 2 is 2.33 bits per heavy atom. The van der Waals surface area contributed by atoms with E-state index in [0.717, 1.165) is 29.0 Å². The minimum Gasteiger partial charge on any atom is -0.368 e. The first-order valence-electron chi connectivity index (χ1n) is 5.41. The highest BCUT2D eigenvalue weighted by molar-refractivity contribution is 8.00. The van der Waals surface area contributed by atoms with Gasteiger partial charge in [-0.3, -0.25) is 4.98 Å². The quantitative estimate of drug-likeness (QED) is 0.854. The Labute approximate surface area is 95.1 Å². The van der Waals surface area contributed by atoms with Gasteiger partial charge < -0.3 is 5.32 Å². The first kappa shape index (κ1) is 10.7. The van der Waals surface area contributed by atoms with Gasteiger partial charge in [0.1, 0.15) is 5.82 Å². The Balaban J connectivity index is 1.90. The smallest absolute Gasteiger partial charge is 0.144 e. The summed E-state index contributed by atoms with van der Waals surface area (Å²) >= 11 is 2.06. The molecule has 1 aromatic rings. The largest absolute Gasteiger partial charge is 0.368 e. The van der Waals surface area contributed by atoms with Crippen molar-refractivity contribution in [1.82, 2.24) is 9.97 Å². The van der Waals surface area contributed by atoms with E-state index >= 15 is 0 Å². The molecule has 0 spiro atoms. The van der Waals surface area contributed by atoms with Crippen LogP contribution in [0.3, 0.4) is 0 Å². The van der Waals surface area contributed by atoms with Gasteiger partial charge in [0, 0.05) is 11.8 Å². The van der Waals surface area contributed by atoms with Crippen LogP contribution in [-0.2, 0) is 0 Å². The van der Waals surface area contributed by atoms with Gasteiger partial charge in [0.2, 0.25) is 0 Å². The summed E-state index contributed by atoms with van der Waals surface area (Å²) in [7, 11) is 0. The Morgan fingerprint density at radius 1 is 1.47 bits per heavy atom. The second kappa shape index (κ2) is 4.84. The van der Waals surface area contributed by atoms with Gasteiger partial charge in [-0.25, -0.2) is 4.98 Å². The number of aryl methyl sites for hydroxylation is 2. The van der Waals surface area contributed by atoms with Crippen molar-refractivity contribution in [2.75, 3.05) is 17.6 Å². The third-order valence-corrected chi connectivity index (χ3v) is 4.13. The molecule has 0 aliphatic carbocycles. The number of rotatable bonds is 3. The van der Waals surface area contributed by atoms with Gasteiger partial charge in [-0.15, -0.1) is 0 Å². The van der Waals surface area contributed by atoms with Crippen molar-refractivity contribution < 1.29 is 0 Å². The summed E-state index contributed by atoms with van der Waals surface area (Å²) in [5.74, 6) is 2.22. The summed E-state index contributed by atoms with van der Waals surface area (Å²) in [5.41, 5.74) is 2.02. The second-order valence-corrected chi connectivity index (χ2v) is 5.35. The Kier molecular flexibility index (Phi) is 3.46. The van der Waals surface area contributed by atoms with E-state index in [9.17, 15) is 0 Å². The summed E-state index contributed by atoms with van der Waals surface area (Å²) in [4.78, 5) is 8.74. The third kappa shape index (κ3) is 2.84. The second-order valence-electron chi connectivity index (χ2n) is 3.94. The highest BCUT2D eigenvalue weighted by Gasteiger charge is 2.15. The van der Waals surface area contributed by atoms with Crippen LogP contribution in [0.5, 0.6) is 0 Å². The number of thioether (sulfide) groups is 1. The van der Waals surface area contributed by atoms with Gasteiger partial charge in [-0.1, -0.05) is 0 Å². The highest BCUT2D eigenvalue weighted by Crippen LogP contribution is 2.25. The van der Waals surface area contributed by atoms with Crippen LogP contribution in [0.2, 0.25) is 0 Å². The molecular formula is C11H17N3S. The minimum atomic E-state index is 0.758. The first-order valence-corrected chi connectivity index (χ1v) is 6.46. The molecule has 0 amide bonds. The molecule has 1 fully saturated rings. The Morgan fingerprint density at radius 3 is 3.00 bits per heavy atom. The van der Waals surface area contributed by atoms with Crippen molar-refractivity contribution in [2.45, 2.75) is 31.9 Å². The van der Waals surface area contributed by atoms with Crippen molar-refractivity contribution in [3.05, 3.63) is 17.6 Å². The van der Waals surface area contributed by atoms with E-state index < -0.39 is 0 Å². The number of anilines is 1. The molecule has 4 heteroatoms. The number of hydrogen-bond donors (Lipinski definition) is 1. The molecule has 0 saturated carbocycles. The van der Waals surface area contributed by atoms with Crippen molar-refractivity contribution in [3.8, 4) is 0 Å². The van der Waals surface area contributed by atoms with Crippen molar-refractivity contribution in [2.24, 2.45) is 0 Å². The highest BCUT2D eigenvalue weighted by atomic mass is 32.2. The number of nitrogens with zero attached hydrogens (tertiary/aromatic N) is 2. The van der Waals surface area contributed by atoms with Crippen LogP contribution >= 0.6 is 11.8 Å². The maximum absolute atomic E-state index is 4.45. The number of nitrogens with one attached hydrogen (secondary N) is 1. The average Bonchev–Trinajstić information content (AvgIpc) is 2.73. The number of aromatic nitrogens is 2. The van der Waals surface area contributed by atoms with Crippen LogP contribution in [0, 0.1) is 13.8 Å². The lowest BCUT2D eigenvalue weighted by molar-refractivity contribution is 0.802. The lowest BCUT2D eigenvalue weighted by atomic mass is 10.2. The van der Waals surface area contributed by atoms with Crippen molar-refractivity contribution in [1.29, 1.82) is 0 Å². The van der Waals surface area contributed by atoms with Gasteiger partial charge in [-0.05, 0) is 32.4 Å². The Hall–Kier alpha value is -0.770. The molecular weight excluding hydrogens is 206 g/mol. The molecule has 1 atom stereocenters. The van der Waals surface area contributed by atoms with Crippen LogP contribution in [0.4, 0.5) is 5.82 Å².